The van der Waals surface area contributed by atoms with Gasteiger partial charge in [-0.15, -0.1) is 0 Å². The molecule has 4 atom stereocenters. The number of hydrogen-bond donors (Lipinski definition) is 3. The van der Waals surface area contributed by atoms with Gasteiger partial charge in [-0.1, -0.05) is 27.2 Å². The van der Waals surface area contributed by atoms with Crippen molar-refractivity contribution < 1.29 is 0 Å². The highest BCUT2D eigenvalue weighted by Gasteiger charge is 2.41. The molecule has 0 fully saturated rings. The molecular formula is CH6S19. The Kier molecular flexibility index (Phi) is 5.85. The Balaban J connectivity index is 2.29. The average molecular weight is 627 g/mol. The Labute approximate surface area is 166 Å². The molecule has 0 nitrogen and oxygen atoms in total. The van der Waals surface area contributed by atoms with E-state index in [1.807, 2.05) is 6.26 Å². The minimum Gasteiger partial charge on any atom is -0.0630 e. The van der Waals surface area contributed by atoms with Crippen molar-refractivity contribution in [3.8, 4) is 0 Å². The molecule has 0 saturated carbocycles. The first-order valence-corrected chi connectivity index (χ1v) is 34.0. The van der Waals surface area contributed by atoms with Crippen LogP contribution >= 0.6 is 0 Å². The predicted molar refractivity (Wildman–Crippen MR) is 150 cm³/mol. The maximum absolute atomic E-state index is 5.78. The van der Waals surface area contributed by atoms with E-state index < -0.39 is 28.9 Å². The van der Waals surface area contributed by atoms with Gasteiger partial charge in [0.05, 0.1) is 0 Å². The van der Waals surface area contributed by atoms with Gasteiger partial charge in [0.2, 0.25) is 0 Å². The fourth-order valence-electron chi connectivity index (χ4n) is 1.22. The van der Waals surface area contributed by atoms with Gasteiger partial charge < -0.3 is 0 Å². The van der Waals surface area contributed by atoms with Crippen LogP contribution in [-0.4, -0.2) is 6.26 Å². The summed E-state index contributed by atoms with van der Waals surface area (Å²) in [5, 5.41) is -4.29. The third-order valence-electron chi connectivity index (χ3n) is 2.09. The lowest BCUT2D eigenvalue weighted by atomic mass is 12.0. The zero-order valence-corrected chi connectivity index (χ0v) is 24.6. The number of rotatable bonds is 5. The van der Waals surface area contributed by atoms with Crippen molar-refractivity contribution in [2.45, 2.75) is 0 Å². The highest BCUT2D eigenvalue weighted by Crippen LogP contribution is 2.43. The van der Waals surface area contributed by atoms with Crippen molar-refractivity contribution in [2.24, 2.45) is 0 Å². The number of thiol groups is 3. The van der Waals surface area contributed by atoms with Crippen molar-refractivity contribution in [2.75, 3.05) is 6.26 Å². The first kappa shape index (κ1) is 20.0. The standard InChI is InChI=1S/CH6S19/c1-17(5,6)12(4)20-14-13(15(20)16(14)20)19(9,10)18(7,8)11(2)3/h11,13-14H,1H3. The second-order valence-corrected chi connectivity index (χ2v) is 80.8. The first-order valence-electron chi connectivity index (χ1n) is 4.05. The van der Waals surface area contributed by atoms with Crippen LogP contribution in [0.3, 0.4) is 0 Å². The monoisotopic (exact) mass is 626 g/mol. The summed E-state index contributed by atoms with van der Waals surface area (Å²) in [7, 11) is -1.61. The van der Waals surface area contributed by atoms with Gasteiger partial charge in [0.25, 0.3) is 0 Å². The van der Waals surface area contributed by atoms with Crippen molar-refractivity contribution in [1.29, 1.82) is 0 Å². The second kappa shape index (κ2) is 5.86. The summed E-state index contributed by atoms with van der Waals surface area (Å²) < 4.78 is 0. The highest BCUT2D eigenvalue weighted by atomic mass is 34.5. The summed E-state index contributed by atoms with van der Waals surface area (Å²) in [5.74, 6) is 0. The quantitative estimate of drug-likeness (QED) is 0.266. The number of hydrogen-bond acceptors (Lipinski definition) is 9. The Morgan fingerprint density at radius 3 is 1.85 bits per heavy atom. The third-order valence-corrected chi connectivity index (χ3v) is 154. The Morgan fingerprint density at radius 2 is 1.50 bits per heavy atom. The van der Waals surface area contributed by atoms with E-state index in [-0.39, 0.29) is 21.6 Å². The van der Waals surface area contributed by atoms with Crippen LogP contribution in [0, 0.1) is 0 Å². The van der Waals surface area contributed by atoms with E-state index in [4.69, 9.17) is 101 Å². The third kappa shape index (κ3) is 2.46. The van der Waals surface area contributed by atoms with Crippen molar-refractivity contribution >= 4 is 164 Å². The molecule has 0 saturated heterocycles. The summed E-state index contributed by atoms with van der Waals surface area (Å²) in [6.45, 7) is 1.01. The van der Waals surface area contributed by atoms with Crippen molar-refractivity contribution in [1.82, 2.24) is 0 Å². The lowest BCUT2D eigenvalue weighted by Crippen LogP contribution is -2.18. The van der Waals surface area contributed by atoms with E-state index in [2.05, 4.69) is 0 Å². The second-order valence-electron chi connectivity index (χ2n) is 3.32. The summed E-state index contributed by atoms with van der Waals surface area (Å²) in [6, 6.07) is 0. The molecule has 4 aliphatic rings. The minimum atomic E-state index is -1.95. The first-order chi connectivity index (χ1) is 8.84. The molecule has 124 valence electrons. The molecular weight excluding hydrogens is 621 g/mol. The normalized spacial score (nSPS) is 36.3. The molecule has 4 rings (SSSR count). The Morgan fingerprint density at radius 1 is 1.05 bits per heavy atom. The lowest BCUT2D eigenvalue weighted by molar-refractivity contribution is 2.53. The molecule has 0 aromatic carbocycles. The SMILES string of the molecule is CS(=S)(=S)S(=S)S12=S3=S=1=[SH]2=[SH]=3S(=S)(=S)S(=S)(=S)[SH](=S)=S. The maximum atomic E-state index is 5.78. The molecule has 0 aromatic rings. The Hall–Kier alpha value is 5.22. The molecule has 0 radical (unpaired) electrons. The van der Waals surface area contributed by atoms with Gasteiger partial charge in [-0.3, -0.25) is 0 Å². The van der Waals surface area contributed by atoms with Gasteiger partial charge in [-0.2, -0.15) is 0 Å². The van der Waals surface area contributed by atoms with E-state index in [0.717, 1.165) is 0 Å². The average Bonchev–Trinajstić information content (AvgIpc) is 2.96. The summed E-state index contributed by atoms with van der Waals surface area (Å²) in [5.41, 5.74) is 0. The summed E-state index contributed by atoms with van der Waals surface area (Å²) in [4.78, 5) is 0. The van der Waals surface area contributed by atoms with Crippen LogP contribution in [0.4, 0.5) is 0 Å². The van der Waals surface area contributed by atoms with Gasteiger partial charge >= 0.3 is 0 Å². The van der Waals surface area contributed by atoms with E-state index in [1.165, 1.54) is 0 Å². The van der Waals surface area contributed by atoms with Gasteiger partial charge in [0.15, 0.2) is 0 Å². The van der Waals surface area contributed by atoms with Gasteiger partial charge in [-0.05, 0) is 114 Å². The van der Waals surface area contributed by atoms with Gasteiger partial charge in [0, 0.05) is 29.4 Å². The van der Waals surface area contributed by atoms with Crippen LogP contribution in [-0.2, 0) is 164 Å². The van der Waals surface area contributed by atoms with E-state index in [9.17, 15) is 0 Å². The molecule has 0 aliphatic carbocycles. The lowest BCUT2D eigenvalue weighted by Gasteiger charge is -2.19. The van der Waals surface area contributed by atoms with Crippen LogP contribution in [0.2, 0.25) is 0 Å². The summed E-state index contributed by atoms with van der Waals surface area (Å²) in [6.07, 6.45) is 0.565. The maximum Gasteiger partial charge on any atom is 0.0314 e. The Bertz CT molecular complexity index is 1480. The molecule has 20 heavy (non-hydrogen) atoms. The molecule has 2 bridgehead atoms. The van der Waals surface area contributed by atoms with Crippen molar-refractivity contribution in [3.63, 3.8) is 0 Å². The fourth-order valence-corrected chi connectivity index (χ4v) is 266. The molecule has 0 aromatic heterocycles. The zero-order valence-electron chi connectivity index (χ0n) is 8.87. The molecule has 4 aliphatic heterocycles. The van der Waals surface area contributed by atoms with Crippen LogP contribution in [0.5, 0.6) is 0 Å². The van der Waals surface area contributed by atoms with E-state index >= 15 is 0 Å². The topological polar surface area (TPSA) is 0 Å². The van der Waals surface area contributed by atoms with Crippen LogP contribution in [0.25, 0.3) is 0 Å². The molecule has 4 heterocycles. The zero-order chi connectivity index (χ0) is 15.5. The molecule has 19 heteroatoms. The predicted octanol–water partition coefficient (Wildman–Crippen LogP) is -0.683. The molecule has 4 unspecified atom stereocenters. The van der Waals surface area contributed by atoms with E-state index in [0.29, 0.717) is 13.1 Å². The molecule has 0 amide bonds. The molecule has 0 N–H and O–H groups in total. The summed E-state index contributed by atoms with van der Waals surface area (Å²) >= 11 is 49.9. The van der Waals surface area contributed by atoms with Crippen LogP contribution in [0.1, 0.15) is 0 Å². The van der Waals surface area contributed by atoms with E-state index in [1.54, 1.807) is 0 Å². The van der Waals surface area contributed by atoms with Gasteiger partial charge in [0.1, 0.15) is 0 Å². The fraction of sp³-hybridized carbons (Fsp3) is 1.00. The van der Waals surface area contributed by atoms with Crippen molar-refractivity contribution in [3.05, 3.63) is 0 Å². The largest absolute Gasteiger partial charge is 0.0630 e. The van der Waals surface area contributed by atoms with Crippen LogP contribution in [0.15, 0.2) is 0 Å². The minimum absolute atomic E-state index is 0.00136. The highest BCUT2D eigenvalue weighted by molar-refractivity contribution is 9.79. The molecule has 0 spiro atoms. The van der Waals surface area contributed by atoms with Gasteiger partial charge in [-0.25, -0.2) is 0 Å². The van der Waals surface area contributed by atoms with Crippen LogP contribution < -0.4 is 0 Å². The smallest absolute Gasteiger partial charge is 0.0314 e.